The number of nitrogens with two attached hydrogens (primary N) is 1. The summed E-state index contributed by atoms with van der Waals surface area (Å²) in [6, 6.07) is 5.18. The van der Waals surface area contributed by atoms with Crippen molar-refractivity contribution in [2.24, 2.45) is 5.73 Å². The zero-order chi connectivity index (χ0) is 12.3. The second-order valence-corrected chi connectivity index (χ2v) is 4.35. The average molecular weight is 272 g/mol. The fraction of sp³-hybridized carbons (Fsp3) is 0.273. The summed E-state index contributed by atoms with van der Waals surface area (Å²) in [5.41, 5.74) is 6.17. The molecule has 2 N–H and O–H groups in total. The minimum Gasteiger partial charge on any atom is -0.334 e. The fourth-order valence-corrected chi connectivity index (χ4v) is 1.66. The highest BCUT2D eigenvalue weighted by molar-refractivity contribution is 6.42. The first kappa shape index (κ1) is 12.4. The molecule has 17 heavy (non-hydrogen) atoms. The van der Waals surface area contributed by atoms with Crippen molar-refractivity contribution in [3.05, 3.63) is 34.1 Å². The molecule has 0 spiro atoms. The van der Waals surface area contributed by atoms with E-state index in [2.05, 4.69) is 10.1 Å². The molecule has 0 bridgehead atoms. The van der Waals surface area contributed by atoms with Crippen LogP contribution in [0.4, 0.5) is 0 Å². The number of nitrogens with zero attached hydrogens (tertiary/aromatic N) is 2. The molecule has 2 aromatic rings. The van der Waals surface area contributed by atoms with Gasteiger partial charge in [0.05, 0.1) is 10.0 Å². The molecular formula is C11H11Cl2N3O. The Bertz CT molecular complexity index is 513. The van der Waals surface area contributed by atoms with Crippen molar-refractivity contribution in [2.75, 3.05) is 6.54 Å². The third kappa shape index (κ3) is 2.97. The van der Waals surface area contributed by atoms with E-state index in [0.29, 0.717) is 34.7 Å². The highest BCUT2D eigenvalue weighted by atomic mass is 35.5. The molecule has 0 saturated carbocycles. The lowest BCUT2D eigenvalue weighted by Gasteiger charge is -1.97. The Morgan fingerprint density at radius 3 is 2.76 bits per heavy atom. The number of hydrogen-bond donors (Lipinski definition) is 1. The summed E-state index contributed by atoms with van der Waals surface area (Å²) in [5, 5.41) is 4.83. The first-order valence-electron chi connectivity index (χ1n) is 5.19. The zero-order valence-corrected chi connectivity index (χ0v) is 10.5. The van der Waals surface area contributed by atoms with Crippen LogP contribution in [0.15, 0.2) is 22.7 Å². The van der Waals surface area contributed by atoms with Crippen LogP contribution in [0.1, 0.15) is 12.2 Å². The summed E-state index contributed by atoms with van der Waals surface area (Å²) in [6.07, 6.45) is 1.54. The van der Waals surface area contributed by atoms with Crippen molar-refractivity contribution < 1.29 is 4.52 Å². The maximum absolute atomic E-state index is 5.92. The van der Waals surface area contributed by atoms with Crippen LogP contribution in [0.25, 0.3) is 11.5 Å². The van der Waals surface area contributed by atoms with Crippen LogP contribution in [0, 0.1) is 0 Å². The van der Waals surface area contributed by atoms with Gasteiger partial charge in [0.2, 0.25) is 0 Å². The van der Waals surface area contributed by atoms with Crippen LogP contribution in [0.3, 0.4) is 0 Å². The van der Waals surface area contributed by atoms with E-state index in [0.717, 1.165) is 12.0 Å². The van der Waals surface area contributed by atoms with Crippen molar-refractivity contribution in [3.8, 4) is 11.5 Å². The molecular weight excluding hydrogens is 261 g/mol. The molecule has 0 aliphatic heterocycles. The summed E-state index contributed by atoms with van der Waals surface area (Å²) in [6.45, 7) is 0.608. The largest absolute Gasteiger partial charge is 0.334 e. The van der Waals surface area contributed by atoms with Crippen LogP contribution >= 0.6 is 23.2 Å². The summed E-state index contributed by atoms with van der Waals surface area (Å²) >= 11 is 11.7. The van der Waals surface area contributed by atoms with Gasteiger partial charge in [-0.05, 0) is 31.2 Å². The van der Waals surface area contributed by atoms with Crippen molar-refractivity contribution in [2.45, 2.75) is 12.8 Å². The Kier molecular flexibility index (Phi) is 3.99. The van der Waals surface area contributed by atoms with Gasteiger partial charge in [0.15, 0.2) is 5.82 Å². The highest BCUT2D eigenvalue weighted by Crippen LogP contribution is 2.27. The molecule has 0 aliphatic rings. The lowest BCUT2D eigenvalue weighted by atomic mass is 10.2. The van der Waals surface area contributed by atoms with Gasteiger partial charge in [-0.1, -0.05) is 28.4 Å². The van der Waals surface area contributed by atoms with Crippen molar-refractivity contribution in [1.82, 2.24) is 10.1 Å². The van der Waals surface area contributed by atoms with E-state index in [9.17, 15) is 0 Å². The van der Waals surface area contributed by atoms with Gasteiger partial charge in [0.25, 0.3) is 5.89 Å². The monoisotopic (exact) mass is 271 g/mol. The van der Waals surface area contributed by atoms with Crippen LogP contribution in [0.2, 0.25) is 10.0 Å². The molecule has 6 heteroatoms. The zero-order valence-electron chi connectivity index (χ0n) is 8.99. The average Bonchev–Trinajstić information content (AvgIpc) is 2.79. The topological polar surface area (TPSA) is 64.9 Å². The summed E-state index contributed by atoms with van der Waals surface area (Å²) < 4.78 is 5.14. The molecule has 0 amide bonds. The van der Waals surface area contributed by atoms with Gasteiger partial charge in [0, 0.05) is 12.0 Å². The van der Waals surface area contributed by atoms with Crippen LogP contribution in [0.5, 0.6) is 0 Å². The molecule has 0 unspecified atom stereocenters. The summed E-state index contributed by atoms with van der Waals surface area (Å²) in [7, 11) is 0. The lowest BCUT2D eigenvalue weighted by Crippen LogP contribution is -2.01. The Hall–Kier alpha value is -1.10. The Balaban J connectivity index is 2.21. The second kappa shape index (κ2) is 5.49. The molecule has 0 aliphatic carbocycles. The quantitative estimate of drug-likeness (QED) is 0.929. The van der Waals surface area contributed by atoms with Crippen LogP contribution < -0.4 is 5.73 Å². The third-order valence-corrected chi connectivity index (χ3v) is 2.98. The number of hydrogen-bond acceptors (Lipinski definition) is 4. The van der Waals surface area contributed by atoms with E-state index in [1.165, 1.54) is 0 Å². The predicted molar refractivity (Wildman–Crippen MR) is 67.1 cm³/mol. The Morgan fingerprint density at radius 1 is 1.24 bits per heavy atom. The van der Waals surface area contributed by atoms with Crippen LogP contribution in [-0.2, 0) is 6.42 Å². The molecule has 2 rings (SSSR count). The number of benzene rings is 1. The van der Waals surface area contributed by atoms with Gasteiger partial charge >= 0.3 is 0 Å². The molecule has 0 saturated heterocycles. The summed E-state index contributed by atoms with van der Waals surface area (Å²) in [4.78, 5) is 4.25. The van der Waals surface area contributed by atoms with E-state index in [1.807, 2.05) is 0 Å². The van der Waals surface area contributed by atoms with Crippen molar-refractivity contribution in [1.29, 1.82) is 0 Å². The molecule has 1 heterocycles. The molecule has 90 valence electrons. The van der Waals surface area contributed by atoms with Gasteiger partial charge < -0.3 is 10.3 Å². The maximum atomic E-state index is 5.92. The van der Waals surface area contributed by atoms with Crippen LogP contribution in [-0.4, -0.2) is 16.7 Å². The van der Waals surface area contributed by atoms with E-state index >= 15 is 0 Å². The number of rotatable bonds is 4. The molecule has 0 atom stereocenters. The van der Waals surface area contributed by atoms with Gasteiger partial charge in [-0.2, -0.15) is 4.98 Å². The smallest absolute Gasteiger partial charge is 0.257 e. The third-order valence-electron chi connectivity index (χ3n) is 2.24. The molecule has 0 fully saturated rings. The van der Waals surface area contributed by atoms with E-state index in [1.54, 1.807) is 18.2 Å². The predicted octanol–water partition coefficient (Wildman–Crippen LogP) is 2.93. The number of aryl methyl sites for hydroxylation is 1. The van der Waals surface area contributed by atoms with E-state index < -0.39 is 0 Å². The van der Waals surface area contributed by atoms with E-state index in [4.69, 9.17) is 33.5 Å². The van der Waals surface area contributed by atoms with Crippen molar-refractivity contribution in [3.63, 3.8) is 0 Å². The standard InChI is InChI=1S/C11H11Cl2N3O/c12-8-4-3-7(6-9(8)13)11-15-10(16-17-11)2-1-5-14/h3-4,6H,1-2,5,14H2. The van der Waals surface area contributed by atoms with Crippen molar-refractivity contribution >= 4 is 23.2 Å². The first-order valence-corrected chi connectivity index (χ1v) is 5.94. The van der Waals surface area contributed by atoms with Gasteiger partial charge in [-0.3, -0.25) is 0 Å². The second-order valence-electron chi connectivity index (χ2n) is 3.54. The minimum atomic E-state index is 0.440. The number of aromatic nitrogens is 2. The maximum Gasteiger partial charge on any atom is 0.257 e. The van der Waals surface area contributed by atoms with Gasteiger partial charge in [-0.15, -0.1) is 0 Å². The fourth-order valence-electron chi connectivity index (χ4n) is 1.36. The lowest BCUT2D eigenvalue weighted by molar-refractivity contribution is 0.422. The molecule has 0 radical (unpaired) electrons. The Labute approximate surface area is 109 Å². The highest BCUT2D eigenvalue weighted by Gasteiger charge is 2.09. The van der Waals surface area contributed by atoms with Gasteiger partial charge in [-0.25, -0.2) is 0 Å². The first-order chi connectivity index (χ1) is 8.20. The number of halogens is 2. The molecule has 1 aromatic heterocycles. The normalized spacial score (nSPS) is 10.8. The Morgan fingerprint density at radius 2 is 2.06 bits per heavy atom. The molecule has 4 nitrogen and oxygen atoms in total. The SMILES string of the molecule is NCCCc1noc(-c2ccc(Cl)c(Cl)c2)n1. The van der Waals surface area contributed by atoms with Gasteiger partial charge in [0.1, 0.15) is 0 Å². The summed E-state index contributed by atoms with van der Waals surface area (Å²) in [5.74, 6) is 1.09. The molecule has 1 aromatic carbocycles. The van der Waals surface area contributed by atoms with E-state index in [-0.39, 0.29) is 0 Å². The minimum absolute atomic E-state index is 0.440.